The third kappa shape index (κ3) is 4.00. The van der Waals surface area contributed by atoms with E-state index in [-0.39, 0.29) is 18.3 Å². The number of carbonyl (C=O) groups excluding carboxylic acids is 1. The van der Waals surface area contributed by atoms with E-state index in [9.17, 15) is 4.79 Å². The van der Waals surface area contributed by atoms with Crippen molar-refractivity contribution in [2.75, 3.05) is 5.32 Å². The van der Waals surface area contributed by atoms with Gasteiger partial charge >= 0.3 is 0 Å². The number of rotatable bonds is 5. The first kappa shape index (κ1) is 18.5. The molecule has 0 spiro atoms. The Hall–Kier alpha value is -2.90. The van der Waals surface area contributed by atoms with Gasteiger partial charge in [-0.25, -0.2) is 4.68 Å². The van der Waals surface area contributed by atoms with E-state index in [0.717, 1.165) is 9.86 Å². The summed E-state index contributed by atoms with van der Waals surface area (Å²) in [7, 11) is 0. The van der Waals surface area contributed by atoms with Gasteiger partial charge in [-0.3, -0.25) is 9.78 Å². The molecule has 1 amide bonds. The van der Waals surface area contributed by atoms with Crippen LogP contribution in [0.5, 0.6) is 5.75 Å². The zero-order chi connectivity index (χ0) is 19.5. The molecule has 0 saturated carbocycles. The van der Waals surface area contributed by atoms with Crippen LogP contribution >= 0.6 is 27.5 Å². The molecule has 4 aromatic rings. The fourth-order valence-electron chi connectivity index (χ4n) is 2.68. The Morgan fingerprint density at radius 3 is 2.93 bits per heavy atom. The lowest BCUT2D eigenvalue weighted by molar-refractivity contribution is 0.102. The molecule has 0 bridgehead atoms. The molecular weight excluding hydrogens is 444 g/mol. The van der Waals surface area contributed by atoms with Crippen molar-refractivity contribution in [3.05, 3.63) is 82.2 Å². The molecule has 0 radical (unpaired) electrons. The Kier molecular flexibility index (Phi) is 5.27. The van der Waals surface area contributed by atoms with Crippen molar-refractivity contribution in [1.29, 1.82) is 0 Å². The Labute approximate surface area is 174 Å². The summed E-state index contributed by atoms with van der Waals surface area (Å²) in [5.41, 5.74) is 1.60. The first-order valence-corrected chi connectivity index (χ1v) is 9.54. The summed E-state index contributed by atoms with van der Waals surface area (Å²) < 4.78 is 8.07. The molecule has 0 saturated heterocycles. The lowest BCUT2D eigenvalue weighted by Crippen LogP contribution is -2.14. The highest BCUT2D eigenvalue weighted by Gasteiger charge is 2.13. The van der Waals surface area contributed by atoms with Crippen LogP contribution in [0.25, 0.3) is 10.9 Å². The predicted octanol–water partition coefficient (Wildman–Crippen LogP) is 5.14. The molecule has 0 fully saturated rings. The van der Waals surface area contributed by atoms with Crippen molar-refractivity contribution >= 4 is 50.0 Å². The molecule has 28 heavy (non-hydrogen) atoms. The van der Waals surface area contributed by atoms with E-state index < -0.39 is 0 Å². The number of benzene rings is 2. The largest absolute Gasteiger partial charge is 0.471 e. The van der Waals surface area contributed by atoms with E-state index in [1.807, 2.05) is 18.2 Å². The second-order valence-electron chi connectivity index (χ2n) is 5.92. The second kappa shape index (κ2) is 8.00. The maximum atomic E-state index is 12.6. The quantitative estimate of drug-likeness (QED) is 0.451. The average Bonchev–Trinajstić information content (AvgIpc) is 3.18. The number of aromatic nitrogens is 3. The van der Waals surface area contributed by atoms with Crippen molar-refractivity contribution in [3.8, 4) is 5.75 Å². The lowest BCUT2D eigenvalue weighted by atomic mass is 10.2. The fraction of sp³-hybridized carbons (Fsp3) is 0.0500. The predicted molar refractivity (Wildman–Crippen MR) is 112 cm³/mol. The van der Waals surface area contributed by atoms with E-state index >= 15 is 0 Å². The van der Waals surface area contributed by atoms with Crippen LogP contribution in [0.1, 0.15) is 10.5 Å². The molecule has 8 heteroatoms. The summed E-state index contributed by atoms with van der Waals surface area (Å²) in [5, 5.41) is 8.63. The number of hydrogen-bond donors (Lipinski definition) is 1. The normalized spacial score (nSPS) is 10.8. The zero-order valence-corrected chi connectivity index (χ0v) is 16.8. The molecule has 140 valence electrons. The van der Waals surface area contributed by atoms with Crippen molar-refractivity contribution in [1.82, 2.24) is 14.8 Å². The van der Waals surface area contributed by atoms with Crippen molar-refractivity contribution in [3.63, 3.8) is 0 Å². The number of nitrogens with zero attached hydrogens (tertiary/aromatic N) is 3. The number of fused-ring (bicyclic) bond motifs is 1. The first-order chi connectivity index (χ1) is 13.6. The minimum atomic E-state index is -0.323. The van der Waals surface area contributed by atoms with Gasteiger partial charge in [-0.15, -0.1) is 0 Å². The van der Waals surface area contributed by atoms with Gasteiger partial charge in [-0.05, 0) is 42.5 Å². The van der Waals surface area contributed by atoms with E-state index in [2.05, 4.69) is 31.3 Å². The highest BCUT2D eigenvalue weighted by molar-refractivity contribution is 9.10. The smallest absolute Gasteiger partial charge is 0.276 e. The maximum absolute atomic E-state index is 12.6. The van der Waals surface area contributed by atoms with Gasteiger partial charge in [0.1, 0.15) is 5.75 Å². The molecule has 4 rings (SSSR count). The maximum Gasteiger partial charge on any atom is 0.276 e. The molecule has 6 nitrogen and oxygen atoms in total. The Bertz CT molecular complexity index is 1160. The summed E-state index contributed by atoms with van der Waals surface area (Å²) in [5.74, 6) is 0.303. The highest BCUT2D eigenvalue weighted by atomic mass is 79.9. The molecule has 2 aromatic carbocycles. The number of hydrogen-bond acceptors (Lipinski definition) is 4. The number of nitrogens with one attached hydrogen (secondary N) is 1. The monoisotopic (exact) mass is 456 g/mol. The van der Waals surface area contributed by atoms with Gasteiger partial charge in [0.25, 0.3) is 5.91 Å². The molecule has 2 aromatic heterocycles. The zero-order valence-electron chi connectivity index (χ0n) is 14.5. The number of anilines is 1. The molecule has 0 aliphatic carbocycles. The number of halogens is 2. The van der Waals surface area contributed by atoms with Gasteiger partial charge in [0.05, 0.1) is 11.2 Å². The minimum absolute atomic E-state index is 0.163. The standard InChI is InChI=1S/C20H14BrClN4O2/c21-16-6-7-17(19-15(16)5-2-9-23-19)24-20(27)18-8-10-26(25-18)12-28-14-4-1-3-13(22)11-14/h1-11H,12H2,(H,24,27). The van der Waals surface area contributed by atoms with Gasteiger partial charge in [0.15, 0.2) is 12.4 Å². The average molecular weight is 458 g/mol. The van der Waals surface area contributed by atoms with Gasteiger partial charge < -0.3 is 10.1 Å². The second-order valence-corrected chi connectivity index (χ2v) is 7.21. The van der Waals surface area contributed by atoms with E-state index in [4.69, 9.17) is 16.3 Å². The minimum Gasteiger partial charge on any atom is -0.471 e. The number of pyridine rings is 1. The topological polar surface area (TPSA) is 69.0 Å². The molecule has 1 N–H and O–H groups in total. The number of ether oxygens (including phenoxy) is 1. The van der Waals surface area contributed by atoms with E-state index in [1.165, 1.54) is 4.68 Å². The van der Waals surface area contributed by atoms with Crippen LogP contribution in [-0.4, -0.2) is 20.7 Å². The van der Waals surface area contributed by atoms with Crippen LogP contribution in [0, 0.1) is 0 Å². The SMILES string of the molecule is O=C(Nc1ccc(Br)c2cccnc12)c1ccn(COc2cccc(Cl)c2)n1. The summed E-state index contributed by atoms with van der Waals surface area (Å²) in [6.45, 7) is 0.163. The molecular formula is C20H14BrClN4O2. The molecule has 0 aliphatic rings. The lowest BCUT2D eigenvalue weighted by Gasteiger charge is -2.08. The third-order valence-electron chi connectivity index (χ3n) is 4.00. The van der Waals surface area contributed by atoms with Crippen molar-refractivity contribution in [2.45, 2.75) is 6.73 Å². The van der Waals surface area contributed by atoms with Crippen LogP contribution in [0.15, 0.2) is 71.5 Å². The van der Waals surface area contributed by atoms with Gasteiger partial charge in [-0.2, -0.15) is 5.10 Å². The van der Waals surface area contributed by atoms with Crippen molar-refractivity contribution < 1.29 is 9.53 Å². The van der Waals surface area contributed by atoms with Crippen LogP contribution in [0.2, 0.25) is 5.02 Å². The molecule has 2 heterocycles. The first-order valence-electron chi connectivity index (χ1n) is 8.36. The summed E-state index contributed by atoms with van der Waals surface area (Å²) in [6.07, 6.45) is 3.36. The van der Waals surface area contributed by atoms with Crippen LogP contribution in [0.3, 0.4) is 0 Å². The van der Waals surface area contributed by atoms with Crippen LogP contribution < -0.4 is 10.1 Å². The third-order valence-corrected chi connectivity index (χ3v) is 4.92. The van der Waals surface area contributed by atoms with Gasteiger partial charge in [0, 0.05) is 27.3 Å². The van der Waals surface area contributed by atoms with Crippen LogP contribution in [0.4, 0.5) is 5.69 Å². The van der Waals surface area contributed by atoms with Gasteiger partial charge in [0.2, 0.25) is 0 Å². The molecule has 0 aliphatic heterocycles. The summed E-state index contributed by atoms with van der Waals surface area (Å²) >= 11 is 9.43. The number of carbonyl (C=O) groups is 1. The number of amides is 1. The summed E-state index contributed by atoms with van der Waals surface area (Å²) in [6, 6.07) is 16.2. The Balaban J connectivity index is 1.47. The Morgan fingerprint density at radius 1 is 1.18 bits per heavy atom. The Morgan fingerprint density at radius 2 is 2.07 bits per heavy atom. The molecule has 0 unspecified atom stereocenters. The van der Waals surface area contributed by atoms with Crippen molar-refractivity contribution in [2.24, 2.45) is 0 Å². The van der Waals surface area contributed by atoms with E-state index in [1.54, 1.807) is 48.8 Å². The van der Waals surface area contributed by atoms with Crippen LogP contribution in [-0.2, 0) is 6.73 Å². The highest BCUT2D eigenvalue weighted by Crippen LogP contribution is 2.28. The van der Waals surface area contributed by atoms with E-state index in [0.29, 0.717) is 22.0 Å². The van der Waals surface area contributed by atoms with Gasteiger partial charge in [-0.1, -0.05) is 39.7 Å². The molecule has 0 atom stereocenters. The fourth-order valence-corrected chi connectivity index (χ4v) is 3.31. The summed E-state index contributed by atoms with van der Waals surface area (Å²) in [4.78, 5) is 17.0.